The van der Waals surface area contributed by atoms with E-state index in [1.54, 1.807) is 17.0 Å². The second kappa shape index (κ2) is 4.98. The lowest BCUT2D eigenvalue weighted by Crippen LogP contribution is -2.53. The van der Waals surface area contributed by atoms with E-state index in [4.69, 9.17) is 11.6 Å². The van der Waals surface area contributed by atoms with Gasteiger partial charge in [-0.3, -0.25) is 9.59 Å². The molecule has 5 heteroatoms. The molecule has 96 valence electrons. The third kappa shape index (κ3) is 2.64. The monoisotopic (exact) mass is 266 g/mol. The summed E-state index contributed by atoms with van der Waals surface area (Å²) < 4.78 is 0. The lowest BCUT2D eigenvalue weighted by Gasteiger charge is -2.37. The SMILES string of the molecule is CC(=O)N1CC(C(=O)Nc2cc(Cl)ccc2C)C1. The molecular weight excluding hydrogens is 252 g/mol. The summed E-state index contributed by atoms with van der Waals surface area (Å²) in [7, 11) is 0. The van der Waals surface area contributed by atoms with Crippen molar-refractivity contribution in [3.8, 4) is 0 Å². The minimum atomic E-state index is -0.118. The molecule has 0 saturated carbocycles. The number of hydrogen-bond donors (Lipinski definition) is 1. The Morgan fingerprint density at radius 2 is 2.06 bits per heavy atom. The molecule has 1 fully saturated rings. The smallest absolute Gasteiger partial charge is 0.231 e. The Labute approximate surface area is 111 Å². The fraction of sp³-hybridized carbons (Fsp3) is 0.385. The maximum Gasteiger partial charge on any atom is 0.231 e. The number of hydrogen-bond acceptors (Lipinski definition) is 2. The Hall–Kier alpha value is -1.55. The zero-order chi connectivity index (χ0) is 13.3. The normalized spacial score (nSPS) is 15.2. The van der Waals surface area contributed by atoms with E-state index in [0.29, 0.717) is 18.1 Å². The van der Waals surface area contributed by atoms with Crippen molar-refractivity contribution < 1.29 is 9.59 Å². The van der Waals surface area contributed by atoms with Crippen molar-refractivity contribution in [2.75, 3.05) is 18.4 Å². The fourth-order valence-electron chi connectivity index (χ4n) is 1.87. The molecule has 0 bridgehead atoms. The third-order valence-corrected chi connectivity index (χ3v) is 3.39. The molecule has 0 radical (unpaired) electrons. The zero-order valence-corrected chi connectivity index (χ0v) is 11.1. The highest BCUT2D eigenvalue weighted by molar-refractivity contribution is 6.31. The van der Waals surface area contributed by atoms with E-state index in [1.807, 2.05) is 13.0 Å². The van der Waals surface area contributed by atoms with Crippen molar-refractivity contribution in [2.45, 2.75) is 13.8 Å². The van der Waals surface area contributed by atoms with Gasteiger partial charge in [0.25, 0.3) is 0 Å². The minimum Gasteiger partial charge on any atom is -0.341 e. The molecule has 1 aliphatic rings. The predicted molar refractivity (Wildman–Crippen MR) is 70.6 cm³/mol. The van der Waals surface area contributed by atoms with E-state index in [9.17, 15) is 9.59 Å². The molecule has 1 aliphatic heterocycles. The van der Waals surface area contributed by atoms with Crippen LogP contribution in [0.4, 0.5) is 5.69 Å². The average molecular weight is 267 g/mol. The van der Waals surface area contributed by atoms with Crippen molar-refractivity contribution >= 4 is 29.1 Å². The molecule has 0 unspecified atom stereocenters. The van der Waals surface area contributed by atoms with E-state index < -0.39 is 0 Å². The van der Waals surface area contributed by atoms with Crippen LogP contribution < -0.4 is 5.32 Å². The van der Waals surface area contributed by atoms with Gasteiger partial charge in [0.1, 0.15) is 0 Å². The second-order valence-corrected chi connectivity index (χ2v) is 5.01. The van der Waals surface area contributed by atoms with Crippen LogP contribution in [0.25, 0.3) is 0 Å². The number of benzene rings is 1. The first-order chi connectivity index (χ1) is 8.47. The largest absolute Gasteiger partial charge is 0.341 e. The molecule has 1 saturated heterocycles. The summed E-state index contributed by atoms with van der Waals surface area (Å²) in [5.74, 6) is -0.164. The van der Waals surface area contributed by atoms with Gasteiger partial charge in [0, 0.05) is 30.7 Å². The summed E-state index contributed by atoms with van der Waals surface area (Å²) >= 11 is 5.89. The summed E-state index contributed by atoms with van der Waals surface area (Å²) in [6.45, 7) is 4.42. The number of carbonyl (C=O) groups excluding carboxylic acids is 2. The first kappa shape index (κ1) is 12.9. The number of amides is 2. The van der Waals surface area contributed by atoms with Gasteiger partial charge in [0.2, 0.25) is 11.8 Å². The van der Waals surface area contributed by atoms with Crippen LogP contribution in [0.5, 0.6) is 0 Å². The van der Waals surface area contributed by atoms with Crippen LogP contribution in [0.2, 0.25) is 5.02 Å². The fourth-order valence-corrected chi connectivity index (χ4v) is 2.04. The number of halogens is 1. The van der Waals surface area contributed by atoms with Gasteiger partial charge in [0.05, 0.1) is 5.92 Å². The molecule has 1 aromatic carbocycles. The van der Waals surface area contributed by atoms with Crippen LogP contribution in [0, 0.1) is 12.8 Å². The molecule has 1 aromatic rings. The number of carbonyl (C=O) groups is 2. The van der Waals surface area contributed by atoms with Gasteiger partial charge in [0.15, 0.2) is 0 Å². The number of anilines is 1. The molecule has 2 amide bonds. The Bertz CT molecular complexity index is 496. The van der Waals surface area contributed by atoms with E-state index in [2.05, 4.69) is 5.32 Å². The van der Waals surface area contributed by atoms with Crippen LogP contribution >= 0.6 is 11.6 Å². The number of likely N-dealkylation sites (tertiary alicyclic amines) is 1. The highest BCUT2D eigenvalue weighted by atomic mass is 35.5. The summed E-state index contributed by atoms with van der Waals surface area (Å²) in [6, 6.07) is 5.38. The Kier molecular flexibility index (Phi) is 3.57. The second-order valence-electron chi connectivity index (χ2n) is 4.57. The number of nitrogens with one attached hydrogen (secondary N) is 1. The van der Waals surface area contributed by atoms with Crippen LogP contribution in [0.3, 0.4) is 0 Å². The van der Waals surface area contributed by atoms with Crippen LogP contribution in [0.1, 0.15) is 12.5 Å². The molecule has 0 atom stereocenters. The van der Waals surface area contributed by atoms with Crippen molar-refractivity contribution in [1.29, 1.82) is 0 Å². The summed E-state index contributed by atoms with van der Waals surface area (Å²) in [5, 5.41) is 3.44. The first-order valence-corrected chi connectivity index (χ1v) is 6.17. The topological polar surface area (TPSA) is 49.4 Å². The molecule has 4 nitrogen and oxygen atoms in total. The highest BCUT2D eigenvalue weighted by Crippen LogP contribution is 2.23. The number of aryl methyl sites for hydroxylation is 1. The molecule has 0 aliphatic carbocycles. The van der Waals surface area contributed by atoms with Crippen LogP contribution in [-0.2, 0) is 9.59 Å². The van der Waals surface area contributed by atoms with E-state index >= 15 is 0 Å². The quantitative estimate of drug-likeness (QED) is 0.891. The van der Waals surface area contributed by atoms with Crippen LogP contribution in [0.15, 0.2) is 18.2 Å². The molecule has 0 aromatic heterocycles. The Morgan fingerprint density at radius 1 is 1.39 bits per heavy atom. The first-order valence-electron chi connectivity index (χ1n) is 5.80. The van der Waals surface area contributed by atoms with Crippen LogP contribution in [-0.4, -0.2) is 29.8 Å². The van der Waals surface area contributed by atoms with Crippen molar-refractivity contribution in [2.24, 2.45) is 5.92 Å². The van der Waals surface area contributed by atoms with Gasteiger partial charge in [-0.15, -0.1) is 0 Å². The van der Waals surface area contributed by atoms with Crippen molar-refractivity contribution in [1.82, 2.24) is 4.90 Å². The number of rotatable bonds is 2. The van der Waals surface area contributed by atoms with Gasteiger partial charge in [-0.2, -0.15) is 0 Å². The van der Waals surface area contributed by atoms with Crippen molar-refractivity contribution in [3.05, 3.63) is 28.8 Å². The summed E-state index contributed by atoms with van der Waals surface area (Å²) in [6.07, 6.45) is 0. The zero-order valence-electron chi connectivity index (χ0n) is 10.4. The Morgan fingerprint density at radius 3 is 2.67 bits per heavy atom. The Balaban J connectivity index is 1.96. The molecule has 0 spiro atoms. The summed E-state index contributed by atoms with van der Waals surface area (Å²) in [5.41, 5.74) is 1.70. The number of nitrogens with zero attached hydrogens (tertiary/aromatic N) is 1. The standard InChI is InChI=1S/C13H15ClN2O2/c1-8-3-4-11(14)5-12(8)15-13(18)10-6-16(7-10)9(2)17/h3-5,10H,6-7H2,1-2H3,(H,15,18). The van der Waals surface area contributed by atoms with E-state index in [0.717, 1.165) is 11.3 Å². The lowest BCUT2D eigenvalue weighted by molar-refractivity contribution is -0.139. The molecule has 1 N–H and O–H groups in total. The molecule has 1 heterocycles. The minimum absolute atomic E-state index is 0.0120. The highest BCUT2D eigenvalue weighted by Gasteiger charge is 2.34. The maximum atomic E-state index is 11.9. The average Bonchev–Trinajstić information content (AvgIpc) is 2.20. The lowest BCUT2D eigenvalue weighted by atomic mass is 9.99. The third-order valence-electron chi connectivity index (χ3n) is 3.16. The van der Waals surface area contributed by atoms with Gasteiger partial charge >= 0.3 is 0 Å². The van der Waals surface area contributed by atoms with Gasteiger partial charge in [-0.05, 0) is 24.6 Å². The van der Waals surface area contributed by atoms with Gasteiger partial charge < -0.3 is 10.2 Å². The predicted octanol–water partition coefficient (Wildman–Crippen LogP) is 2.07. The maximum absolute atomic E-state index is 11.9. The molecule has 18 heavy (non-hydrogen) atoms. The summed E-state index contributed by atoms with van der Waals surface area (Å²) in [4.78, 5) is 24.6. The molecular formula is C13H15ClN2O2. The molecule has 2 rings (SSSR count). The van der Waals surface area contributed by atoms with Crippen molar-refractivity contribution in [3.63, 3.8) is 0 Å². The van der Waals surface area contributed by atoms with Gasteiger partial charge in [-0.1, -0.05) is 17.7 Å². The van der Waals surface area contributed by atoms with E-state index in [-0.39, 0.29) is 17.7 Å². The van der Waals surface area contributed by atoms with Gasteiger partial charge in [-0.25, -0.2) is 0 Å². The van der Waals surface area contributed by atoms with E-state index in [1.165, 1.54) is 6.92 Å².